The molecule has 0 N–H and O–H groups in total. The summed E-state index contributed by atoms with van der Waals surface area (Å²) in [4.78, 5) is 10.6. The molecule has 3 heteroatoms. The van der Waals surface area contributed by atoms with Crippen molar-refractivity contribution >= 4 is 32.7 Å². The van der Waals surface area contributed by atoms with Gasteiger partial charge in [-0.25, -0.2) is 9.97 Å². The van der Waals surface area contributed by atoms with Crippen LogP contribution in [0.15, 0.2) is 199 Å². The molecule has 10 aromatic rings. The molecular formula is C50H32N2O. The largest absolute Gasteiger partial charge is 0.456 e. The fourth-order valence-electron chi connectivity index (χ4n) is 7.50. The normalized spacial score (nSPS) is 11.4. The lowest BCUT2D eigenvalue weighted by atomic mass is 9.92. The predicted molar refractivity (Wildman–Crippen MR) is 219 cm³/mol. The minimum atomic E-state index is 0.680. The number of nitrogens with zero attached hydrogens (tertiary/aromatic N) is 2. The van der Waals surface area contributed by atoms with Gasteiger partial charge >= 0.3 is 0 Å². The quantitative estimate of drug-likeness (QED) is 0.176. The van der Waals surface area contributed by atoms with Crippen molar-refractivity contribution in [2.24, 2.45) is 0 Å². The highest BCUT2D eigenvalue weighted by atomic mass is 16.3. The molecule has 0 amide bonds. The summed E-state index contributed by atoms with van der Waals surface area (Å²) in [5.74, 6) is 0.680. The summed E-state index contributed by atoms with van der Waals surface area (Å²) in [5, 5.41) is 4.54. The molecule has 0 aliphatic rings. The maximum Gasteiger partial charge on any atom is 0.160 e. The van der Waals surface area contributed by atoms with E-state index in [1.165, 1.54) is 10.9 Å². The van der Waals surface area contributed by atoms with Crippen LogP contribution in [-0.4, -0.2) is 9.97 Å². The van der Waals surface area contributed by atoms with Crippen molar-refractivity contribution in [2.75, 3.05) is 0 Å². The molecule has 0 aliphatic carbocycles. The van der Waals surface area contributed by atoms with Crippen LogP contribution in [0.1, 0.15) is 0 Å². The first-order valence-corrected chi connectivity index (χ1v) is 17.9. The first-order chi connectivity index (χ1) is 26.2. The van der Waals surface area contributed by atoms with E-state index in [0.29, 0.717) is 5.82 Å². The molecule has 53 heavy (non-hydrogen) atoms. The molecular weight excluding hydrogens is 645 g/mol. The number of benzene rings is 8. The first-order valence-electron chi connectivity index (χ1n) is 17.9. The van der Waals surface area contributed by atoms with Gasteiger partial charge in [0.15, 0.2) is 5.82 Å². The van der Waals surface area contributed by atoms with Crippen molar-refractivity contribution < 1.29 is 4.42 Å². The smallest absolute Gasteiger partial charge is 0.160 e. The Kier molecular flexibility index (Phi) is 7.47. The standard InChI is InChI=1S/C50H32N2O/c1-3-13-33(14-4-1)35-25-27-37(28-26-35)50-51-45(32-46(52-50)43-22-11-18-36-17-7-8-19-41(36)43)40-30-38(34-15-5-2-6-16-34)29-39(31-40)42-21-12-24-48-49(42)44-20-9-10-23-47(44)53-48/h1-32H. The molecule has 0 unspecified atom stereocenters. The van der Waals surface area contributed by atoms with Gasteiger partial charge in [0.05, 0.1) is 11.4 Å². The van der Waals surface area contributed by atoms with Gasteiger partial charge in [0.2, 0.25) is 0 Å². The summed E-state index contributed by atoms with van der Waals surface area (Å²) in [7, 11) is 0. The van der Waals surface area contributed by atoms with Crippen LogP contribution in [0.2, 0.25) is 0 Å². The predicted octanol–water partition coefficient (Wildman–Crippen LogP) is 13.5. The Morgan fingerprint density at radius 2 is 0.868 bits per heavy atom. The molecule has 0 radical (unpaired) electrons. The fraction of sp³-hybridized carbons (Fsp3) is 0. The summed E-state index contributed by atoms with van der Waals surface area (Å²) in [6, 6.07) is 68.0. The van der Waals surface area contributed by atoms with Crippen LogP contribution in [0.4, 0.5) is 0 Å². The van der Waals surface area contributed by atoms with Crippen LogP contribution in [-0.2, 0) is 0 Å². The molecule has 0 bridgehead atoms. The molecule has 0 atom stereocenters. The number of hydrogen-bond acceptors (Lipinski definition) is 3. The number of rotatable bonds is 6. The van der Waals surface area contributed by atoms with Gasteiger partial charge < -0.3 is 4.42 Å². The molecule has 2 aromatic heterocycles. The van der Waals surface area contributed by atoms with Crippen molar-refractivity contribution in [2.45, 2.75) is 0 Å². The lowest BCUT2D eigenvalue weighted by Gasteiger charge is -2.14. The highest BCUT2D eigenvalue weighted by molar-refractivity contribution is 6.12. The van der Waals surface area contributed by atoms with E-state index in [2.05, 4.69) is 176 Å². The molecule has 2 heterocycles. The van der Waals surface area contributed by atoms with Gasteiger partial charge in [0, 0.05) is 27.5 Å². The molecule has 0 saturated carbocycles. The van der Waals surface area contributed by atoms with Crippen molar-refractivity contribution in [3.63, 3.8) is 0 Å². The van der Waals surface area contributed by atoms with Crippen LogP contribution in [0.25, 0.3) is 100.0 Å². The number of aromatic nitrogens is 2. The van der Waals surface area contributed by atoms with E-state index < -0.39 is 0 Å². The number of para-hydroxylation sites is 1. The monoisotopic (exact) mass is 676 g/mol. The van der Waals surface area contributed by atoms with Crippen molar-refractivity contribution in [1.82, 2.24) is 9.97 Å². The number of furan rings is 1. The summed E-state index contributed by atoms with van der Waals surface area (Å²) in [5.41, 5.74) is 13.3. The highest BCUT2D eigenvalue weighted by Gasteiger charge is 2.17. The Labute approximate surface area is 307 Å². The minimum Gasteiger partial charge on any atom is -0.456 e. The molecule has 0 spiro atoms. The maximum atomic E-state index is 6.32. The topological polar surface area (TPSA) is 38.9 Å². The van der Waals surface area contributed by atoms with Crippen LogP contribution >= 0.6 is 0 Å². The maximum absolute atomic E-state index is 6.32. The molecule has 10 rings (SSSR count). The molecule has 8 aromatic carbocycles. The summed E-state index contributed by atoms with van der Waals surface area (Å²) >= 11 is 0. The minimum absolute atomic E-state index is 0.680. The SMILES string of the molecule is c1ccc(-c2ccc(-c3nc(-c4cc(-c5ccccc5)cc(-c5cccc6oc7ccccc7c56)c4)cc(-c4cccc5ccccc45)n3)cc2)cc1. The third kappa shape index (κ3) is 5.65. The van der Waals surface area contributed by atoms with Crippen molar-refractivity contribution in [3.05, 3.63) is 194 Å². The van der Waals surface area contributed by atoms with Gasteiger partial charge in [-0.1, -0.05) is 158 Å². The van der Waals surface area contributed by atoms with E-state index >= 15 is 0 Å². The fourth-order valence-corrected chi connectivity index (χ4v) is 7.50. The van der Waals surface area contributed by atoms with E-state index in [1.54, 1.807) is 0 Å². The first kappa shape index (κ1) is 30.7. The Hall–Kier alpha value is -7.10. The number of hydrogen-bond donors (Lipinski definition) is 0. The van der Waals surface area contributed by atoms with Crippen LogP contribution in [0.5, 0.6) is 0 Å². The van der Waals surface area contributed by atoms with E-state index in [0.717, 1.165) is 83.2 Å². The van der Waals surface area contributed by atoms with E-state index in [4.69, 9.17) is 14.4 Å². The molecule has 0 aliphatic heterocycles. The lowest BCUT2D eigenvalue weighted by Crippen LogP contribution is -1.97. The summed E-state index contributed by atoms with van der Waals surface area (Å²) in [6.07, 6.45) is 0. The Bertz CT molecular complexity index is 2920. The van der Waals surface area contributed by atoms with Gasteiger partial charge in [-0.05, 0) is 80.6 Å². The zero-order valence-corrected chi connectivity index (χ0v) is 28.8. The van der Waals surface area contributed by atoms with Gasteiger partial charge in [0.1, 0.15) is 11.2 Å². The lowest BCUT2D eigenvalue weighted by molar-refractivity contribution is 0.669. The summed E-state index contributed by atoms with van der Waals surface area (Å²) in [6.45, 7) is 0. The van der Waals surface area contributed by atoms with E-state index in [-0.39, 0.29) is 0 Å². The second-order valence-electron chi connectivity index (χ2n) is 13.4. The average Bonchev–Trinajstić information content (AvgIpc) is 3.63. The van der Waals surface area contributed by atoms with Gasteiger partial charge in [0.25, 0.3) is 0 Å². The Morgan fingerprint density at radius 1 is 0.321 bits per heavy atom. The Balaban J connectivity index is 1.21. The Morgan fingerprint density at radius 3 is 1.68 bits per heavy atom. The van der Waals surface area contributed by atoms with Crippen molar-refractivity contribution in [1.29, 1.82) is 0 Å². The second-order valence-corrected chi connectivity index (χ2v) is 13.4. The molecule has 3 nitrogen and oxygen atoms in total. The van der Waals surface area contributed by atoms with Crippen molar-refractivity contribution in [3.8, 4) is 67.3 Å². The van der Waals surface area contributed by atoms with Gasteiger partial charge in [-0.15, -0.1) is 0 Å². The second kappa shape index (κ2) is 12.9. The van der Waals surface area contributed by atoms with E-state index in [1.807, 2.05) is 18.2 Å². The molecule has 248 valence electrons. The zero-order valence-electron chi connectivity index (χ0n) is 28.8. The third-order valence-electron chi connectivity index (χ3n) is 10.1. The van der Waals surface area contributed by atoms with Gasteiger partial charge in [-0.2, -0.15) is 0 Å². The number of fused-ring (bicyclic) bond motifs is 4. The average molecular weight is 677 g/mol. The van der Waals surface area contributed by atoms with Crippen LogP contribution in [0.3, 0.4) is 0 Å². The highest BCUT2D eigenvalue weighted by Crippen LogP contribution is 2.40. The van der Waals surface area contributed by atoms with Crippen LogP contribution < -0.4 is 0 Å². The van der Waals surface area contributed by atoms with Gasteiger partial charge in [-0.3, -0.25) is 0 Å². The third-order valence-corrected chi connectivity index (χ3v) is 10.1. The zero-order chi connectivity index (χ0) is 35.1. The molecule has 0 saturated heterocycles. The summed E-state index contributed by atoms with van der Waals surface area (Å²) < 4.78 is 6.32. The molecule has 0 fully saturated rings. The van der Waals surface area contributed by atoms with Crippen LogP contribution in [0, 0.1) is 0 Å². The van der Waals surface area contributed by atoms with E-state index in [9.17, 15) is 0 Å².